The van der Waals surface area contributed by atoms with Gasteiger partial charge in [-0.25, -0.2) is 5.43 Å². The second kappa shape index (κ2) is 10.9. The molecule has 7 nitrogen and oxygen atoms in total. The van der Waals surface area contributed by atoms with Crippen molar-refractivity contribution in [3.63, 3.8) is 0 Å². The van der Waals surface area contributed by atoms with Crippen molar-refractivity contribution in [3.05, 3.63) is 81.9 Å². The van der Waals surface area contributed by atoms with Crippen molar-refractivity contribution in [2.75, 3.05) is 21.3 Å². The summed E-state index contributed by atoms with van der Waals surface area (Å²) in [4.78, 5) is 12.2. The van der Waals surface area contributed by atoms with Crippen LogP contribution in [0, 0.1) is 11.8 Å². The van der Waals surface area contributed by atoms with Crippen molar-refractivity contribution in [1.82, 2.24) is 5.43 Å². The monoisotopic (exact) mass is 464 g/mol. The summed E-state index contributed by atoms with van der Waals surface area (Å²) < 4.78 is 15.9. The Hall–Kier alpha value is -4.15. The number of halogens is 1. The van der Waals surface area contributed by atoms with Gasteiger partial charge in [0.1, 0.15) is 23.0 Å². The minimum absolute atomic E-state index is 0.0798. The molecule has 3 aromatic rings. The average Bonchev–Trinajstić information content (AvgIpc) is 2.84. The maximum atomic E-state index is 12.2. The van der Waals surface area contributed by atoms with Gasteiger partial charge in [0, 0.05) is 17.2 Å². The first-order valence-corrected chi connectivity index (χ1v) is 10.1. The molecule has 0 aliphatic heterocycles. The number of phenols is 1. The SMILES string of the molecule is COc1cc(C#Cc2ccc(OC)cc2OC)cc(C=NNC(=O)c2ccc(O)c(Cl)c2)c1. The number of carbonyl (C=O) groups excluding carboxylic acids is 1. The summed E-state index contributed by atoms with van der Waals surface area (Å²) in [6.45, 7) is 0. The Bertz CT molecular complexity index is 1260. The number of methoxy groups -OCH3 is 3. The van der Waals surface area contributed by atoms with E-state index < -0.39 is 5.91 Å². The summed E-state index contributed by atoms with van der Waals surface area (Å²) in [5.41, 5.74) is 4.75. The van der Waals surface area contributed by atoms with E-state index in [-0.39, 0.29) is 16.3 Å². The number of phenolic OH excluding ortho intramolecular Hbond substituents is 1. The first-order valence-electron chi connectivity index (χ1n) is 9.68. The molecule has 33 heavy (non-hydrogen) atoms. The van der Waals surface area contributed by atoms with E-state index in [1.807, 2.05) is 6.07 Å². The van der Waals surface area contributed by atoms with Gasteiger partial charge in [0.15, 0.2) is 0 Å². The number of hydrazone groups is 1. The lowest BCUT2D eigenvalue weighted by Crippen LogP contribution is -2.17. The standard InChI is InChI=1S/C25H21ClN2O5/c1-31-20-8-6-18(24(14-20)33-3)5-4-16-10-17(12-21(11-16)32-2)15-27-28-25(30)19-7-9-23(29)22(26)13-19/h6-15,29H,1-3H3,(H,28,30). The predicted octanol–water partition coefficient (Wildman–Crippen LogP) is 4.24. The molecule has 2 N–H and O–H groups in total. The van der Waals surface area contributed by atoms with Crippen LogP contribution in [0.3, 0.4) is 0 Å². The number of ether oxygens (including phenoxy) is 3. The van der Waals surface area contributed by atoms with Crippen LogP contribution >= 0.6 is 11.6 Å². The molecule has 0 aliphatic carbocycles. The molecule has 0 fully saturated rings. The highest BCUT2D eigenvalue weighted by Gasteiger charge is 2.07. The molecule has 0 heterocycles. The molecule has 0 saturated carbocycles. The molecule has 3 rings (SSSR count). The third kappa shape index (κ3) is 6.19. The molecule has 0 aromatic heterocycles. The Morgan fingerprint density at radius 3 is 2.45 bits per heavy atom. The zero-order valence-corrected chi connectivity index (χ0v) is 18.9. The summed E-state index contributed by atoms with van der Waals surface area (Å²) >= 11 is 5.84. The number of hydrogen-bond donors (Lipinski definition) is 2. The van der Waals surface area contributed by atoms with E-state index in [0.29, 0.717) is 33.9 Å². The summed E-state index contributed by atoms with van der Waals surface area (Å²) in [5, 5.41) is 13.5. The topological polar surface area (TPSA) is 89.4 Å². The van der Waals surface area contributed by atoms with Crippen LogP contribution in [0.4, 0.5) is 0 Å². The maximum absolute atomic E-state index is 12.2. The molecule has 0 saturated heterocycles. The Kier molecular flexibility index (Phi) is 7.79. The molecular formula is C25H21ClN2O5. The Morgan fingerprint density at radius 1 is 0.970 bits per heavy atom. The minimum atomic E-state index is -0.470. The number of hydrogen-bond acceptors (Lipinski definition) is 6. The highest BCUT2D eigenvalue weighted by molar-refractivity contribution is 6.32. The van der Waals surface area contributed by atoms with Gasteiger partial charge in [0.05, 0.1) is 38.1 Å². The Morgan fingerprint density at radius 2 is 1.76 bits per heavy atom. The number of benzene rings is 3. The highest BCUT2D eigenvalue weighted by atomic mass is 35.5. The van der Waals surface area contributed by atoms with E-state index in [1.54, 1.807) is 51.7 Å². The van der Waals surface area contributed by atoms with E-state index in [0.717, 1.165) is 0 Å². The van der Waals surface area contributed by atoms with E-state index >= 15 is 0 Å². The van der Waals surface area contributed by atoms with E-state index in [9.17, 15) is 9.90 Å². The lowest BCUT2D eigenvalue weighted by Gasteiger charge is -2.06. The van der Waals surface area contributed by atoms with Crippen molar-refractivity contribution in [2.24, 2.45) is 5.10 Å². The van der Waals surface area contributed by atoms with Crippen LogP contribution < -0.4 is 19.6 Å². The molecule has 0 unspecified atom stereocenters. The number of amides is 1. The lowest BCUT2D eigenvalue weighted by atomic mass is 10.1. The van der Waals surface area contributed by atoms with Crippen LogP contribution in [0.25, 0.3) is 0 Å². The summed E-state index contributed by atoms with van der Waals surface area (Å²) in [6.07, 6.45) is 1.47. The molecule has 8 heteroatoms. The van der Waals surface area contributed by atoms with Gasteiger partial charge >= 0.3 is 0 Å². The number of nitrogens with one attached hydrogen (secondary N) is 1. The second-order valence-electron chi connectivity index (χ2n) is 6.68. The van der Waals surface area contributed by atoms with Crippen LogP contribution in [-0.4, -0.2) is 38.6 Å². The number of aromatic hydroxyl groups is 1. The Labute approximate surface area is 196 Å². The smallest absolute Gasteiger partial charge is 0.271 e. The molecule has 168 valence electrons. The maximum Gasteiger partial charge on any atom is 0.271 e. The van der Waals surface area contributed by atoms with Gasteiger partial charge in [0.25, 0.3) is 5.91 Å². The first kappa shape index (κ1) is 23.5. The van der Waals surface area contributed by atoms with Gasteiger partial charge in [-0.1, -0.05) is 23.4 Å². The molecule has 1 amide bonds. The van der Waals surface area contributed by atoms with Crippen molar-refractivity contribution in [2.45, 2.75) is 0 Å². The molecule has 0 bridgehead atoms. The van der Waals surface area contributed by atoms with Crippen LogP contribution in [-0.2, 0) is 0 Å². The molecular weight excluding hydrogens is 444 g/mol. The fourth-order valence-corrected chi connectivity index (χ4v) is 2.99. The third-order valence-electron chi connectivity index (χ3n) is 4.50. The molecule has 0 spiro atoms. The van der Waals surface area contributed by atoms with Crippen molar-refractivity contribution in [3.8, 4) is 34.8 Å². The lowest BCUT2D eigenvalue weighted by molar-refractivity contribution is 0.0955. The third-order valence-corrected chi connectivity index (χ3v) is 4.81. The second-order valence-corrected chi connectivity index (χ2v) is 7.08. The predicted molar refractivity (Wildman–Crippen MR) is 127 cm³/mol. The number of carbonyl (C=O) groups is 1. The molecule has 0 atom stereocenters. The zero-order chi connectivity index (χ0) is 23.8. The fraction of sp³-hybridized carbons (Fsp3) is 0.120. The van der Waals surface area contributed by atoms with E-state index in [4.69, 9.17) is 25.8 Å². The van der Waals surface area contributed by atoms with Gasteiger partial charge in [-0.05, 0) is 54.1 Å². The zero-order valence-electron chi connectivity index (χ0n) is 18.2. The molecule has 3 aromatic carbocycles. The van der Waals surface area contributed by atoms with Crippen LogP contribution in [0.1, 0.15) is 27.0 Å². The molecule has 0 radical (unpaired) electrons. The van der Waals surface area contributed by atoms with Gasteiger partial charge in [-0.15, -0.1) is 0 Å². The Balaban J connectivity index is 1.80. The van der Waals surface area contributed by atoms with Crippen LogP contribution in [0.15, 0.2) is 59.7 Å². The summed E-state index contributed by atoms with van der Waals surface area (Å²) in [6, 6.07) is 14.9. The average molecular weight is 465 g/mol. The van der Waals surface area contributed by atoms with Crippen molar-refractivity contribution in [1.29, 1.82) is 0 Å². The quantitative estimate of drug-likeness (QED) is 0.323. The number of rotatable bonds is 6. The van der Waals surface area contributed by atoms with Crippen LogP contribution in [0.5, 0.6) is 23.0 Å². The summed E-state index contributed by atoms with van der Waals surface area (Å²) in [7, 11) is 4.71. The number of nitrogens with zero attached hydrogens (tertiary/aromatic N) is 1. The minimum Gasteiger partial charge on any atom is -0.506 e. The molecule has 0 aliphatic rings. The normalized spacial score (nSPS) is 10.3. The van der Waals surface area contributed by atoms with E-state index in [1.165, 1.54) is 24.4 Å². The largest absolute Gasteiger partial charge is 0.506 e. The summed E-state index contributed by atoms with van der Waals surface area (Å²) in [5.74, 6) is 7.46. The fourth-order valence-electron chi connectivity index (χ4n) is 2.81. The van der Waals surface area contributed by atoms with Crippen molar-refractivity contribution >= 4 is 23.7 Å². The first-order chi connectivity index (χ1) is 15.9. The van der Waals surface area contributed by atoms with Gasteiger partial charge in [-0.2, -0.15) is 5.10 Å². The van der Waals surface area contributed by atoms with Gasteiger partial charge < -0.3 is 19.3 Å². The van der Waals surface area contributed by atoms with Crippen LogP contribution in [0.2, 0.25) is 5.02 Å². The van der Waals surface area contributed by atoms with Gasteiger partial charge in [0.2, 0.25) is 0 Å². The van der Waals surface area contributed by atoms with Crippen molar-refractivity contribution < 1.29 is 24.1 Å². The highest BCUT2D eigenvalue weighted by Crippen LogP contribution is 2.25. The van der Waals surface area contributed by atoms with Gasteiger partial charge in [-0.3, -0.25) is 4.79 Å². The van der Waals surface area contributed by atoms with E-state index in [2.05, 4.69) is 22.4 Å².